The van der Waals surface area contributed by atoms with Gasteiger partial charge in [0.2, 0.25) is 11.7 Å². The molecule has 0 spiro atoms. The van der Waals surface area contributed by atoms with Gasteiger partial charge in [0.05, 0.1) is 26.2 Å². The minimum atomic E-state index is -0.456. The zero-order valence-electron chi connectivity index (χ0n) is 15.5. The zero-order valence-corrected chi connectivity index (χ0v) is 16.3. The number of benzene rings is 1. The van der Waals surface area contributed by atoms with Crippen molar-refractivity contribution >= 4 is 17.5 Å². The molecule has 1 amide bonds. The summed E-state index contributed by atoms with van der Waals surface area (Å²) in [5.74, 6) is 1.45. The van der Waals surface area contributed by atoms with Gasteiger partial charge in [-0.2, -0.15) is 4.98 Å². The van der Waals surface area contributed by atoms with Crippen LogP contribution in [-0.2, 0) is 9.53 Å². The Kier molecular flexibility index (Phi) is 6.02. The van der Waals surface area contributed by atoms with Crippen molar-refractivity contribution in [2.24, 2.45) is 0 Å². The van der Waals surface area contributed by atoms with Crippen LogP contribution in [-0.4, -0.2) is 52.2 Å². The molecule has 0 saturated carbocycles. The number of amides is 1. The molecule has 1 saturated heterocycles. The third-order valence-electron chi connectivity index (χ3n) is 4.45. The van der Waals surface area contributed by atoms with Gasteiger partial charge in [0.1, 0.15) is 5.75 Å². The molecule has 3 aromatic rings. The van der Waals surface area contributed by atoms with Crippen molar-refractivity contribution in [1.29, 1.82) is 0 Å². The van der Waals surface area contributed by atoms with Crippen LogP contribution in [0.25, 0.3) is 11.4 Å². The van der Waals surface area contributed by atoms with E-state index >= 15 is 0 Å². The maximum Gasteiger partial charge on any atom is 0.257 e. The smallest absolute Gasteiger partial charge is 0.257 e. The molecule has 2 aromatic heterocycles. The summed E-state index contributed by atoms with van der Waals surface area (Å²) in [5.41, 5.74) is 0.755. The highest BCUT2D eigenvalue weighted by atomic mass is 35.5. The Morgan fingerprint density at radius 2 is 2.14 bits per heavy atom. The second kappa shape index (κ2) is 9.02. The molecule has 1 atom stereocenters. The van der Waals surface area contributed by atoms with Crippen molar-refractivity contribution in [2.75, 3.05) is 26.3 Å². The molecular weight excluding hydrogens is 396 g/mol. The molecule has 29 heavy (non-hydrogen) atoms. The summed E-state index contributed by atoms with van der Waals surface area (Å²) in [7, 11) is 0. The maximum atomic E-state index is 12.5. The van der Waals surface area contributed by atoms with Crippen LogP contribution in [0, 0.1) is 0 Å². The monoisotopic (exact) mass is 414 g/mol. The number of hydrogen-bond acceptors (Lipinski definition) is 7. The quantitative estimate of drug-likeness (QED) is 0.611. The Bertz CT molecular complexity index is 949. The molecule has 4 rings (SSSR count). The van der Waals surface area contributed by atoms with Crippen molar-refractivity contribution < 1.29 is 18.8 Å². The predicted molar refractivity (Wildman–Crippen MR) is 104 cm³/mol. The first-order chi connectivity index (χ1) is 14.2. The van der Waals surface area contributed by atoms with E-state index in [2.05, 4.69) is 15.1 Å². The van der Waals surface area contributed by atoms with Gasteiger partial charge in [0.15, 0.2) is 6.10 Å². The molecule has 3 heterocycles. The fraction of sp³-hybridized carbons (Fsp3) is 0.300. The summed E-state index contributed by atoms with van der Waals surface area (Å²) < 4.78 is 16.7. The second-order valence-corrected chi connectivity index (χ2v) is 6.89. The van der Waals surface area contributed by atoms with E-state index in [1.54, 1.807) is 47.6 Å². The van der Waals surface area contributed by atoms with E-state index < -0.39 is 6.10 Å². The van der Waals surface area contributed by atoms with Crippen LogP contribution in [0.1, 0.15) is 18.4 Å². The van der Waals surface area contributed by atoms with Crippen molar-refractivity contribution in [1.82, 2.24) is 20.0 Å². The van der Waals surface area contributed by atoms with E-state index in [1.807, 2.05) is 6.07 Å². The van der Waals surface area contributed by atoms with Gasteiger partial charge >= 0.3 is 0 Å². The van der Waals surface area contributed by atoms with Crippen molar-refractivity contribution in [2.45, 2.75) is 12.5 Å². The van der Waals surface area contributed by atoms with Crippen LogP contribution in [0.2, 0.25) is 5.02 Å². The highest BCUT2D eigenvalue weighted by Gasteiger charge is 2.29. The lowest BCUT2D eigenvalue weighted by Gasteiger charge is -2.31. The molecule has 1 aromatic carbocycles. The number of aromatic nitrogens is 3. The zero-order chi connectivity index (χ0) is 20.1. The first kappa shape index (κ1) is 19.4. The molecule has 150 valence electrons. The third kappa shape index (κ3) is 4.90. The van der Waals surface area contributed by atoms with E-state index in [-0.39, 0.29) is 18.9 Å². The number of pyridine rings is 1. The summed E-state index contributed by atoms with van der Waals surface area (Å²) in [5, 5.41) is 4.62. The molecule has 8 nitrogen and oxygen atoms in total. The molecule has 9 heteroatoms. The SMILES string of the molecule is O=C(CCOc1ccc(Cl)cc1)N1CCO[C@H](c2nc(-c3cccnc3)no2)C1. The normalized spacial score (nSPS) is 16.6. The Hall–Kier alpha value is -2.97. The molecular formula is C20H19ClN4O4. The lowest BCUT2D eigenvalue weighted by molar-refractivity contribution is -0.140. The minimum absolute atomic E-state index is 0.0146. The molecule has 1 aliphatic rings. The van der Waals surface area contributed by atoms with Gasteiger partial charge in [0.25, 0.3) is 5.89 Å². The summed E-state index contributed by atoms with van der Waals surface area (Å²) in [6, 6.07) is 10.7. The average molecular weight is 415 g/mol. The van der Waals surface area contributed by atoms with Gasteiger partial charge in [-0.3, -0.25) is 9.78 Å². The summed E-state index contributed by atoms with van der Waals surface area (Å²) in [6.45, 7) is 1.56. The van der Waals surface area contributed by atoms with Gasteiger partial charge in [-0.25, -0.2) is 0 Å². The van der Waals surface area contributed by atoms with Crippen molar-refractivity contribution in [3.05, 3.63) is 59.7 Å². The maximum absolute atomic E-state index is 12.5. The van der Waals surface area contributed by atoms with Gasteiger partial charge in [-0.05, 0) is 36.4 Å². The Morgan fingerprint density at radius 1 is 1.28 bits per heavy atom. The number of morpholine rings is 1. The molecule has 0 aliphatic carbocycles. The Labute approximate surface area is 172 Å². The van der Waals surface area contributed by atoms with E-state index in [1.165, 1.54) is 0 Å². The number of carbonyl (C=O) groups excluding carboxylic acids is 1. The second-order valence-electron chi connectivity index (χ2n) is 6.45. The van der Waals surface area contributed by atoms with Gasteiger partial charge in [0, 0.05) is 29.5 Å². The lowest BCUT2D eigenvalue weighted by atomic mass is 10.2. The minimum Gasteiger partial charge on any atom is -0.493 e. The largest absolute Gasteiger partial charge is 0.493 e. The highest BCUT2D eigenvalue weighted by molar-refractivity contribution is 6.30. The topological polar surface area (TPSA) is 90.6 Å². The molecule has 0 unspecified atom stereocenters. The number of nitrogens with zero attached hydrogens (tertiary/aromatic N) is 4. The number of ether oxygens (including phenoxy) is 2. The molecule has 0 N–H and O–H groups in total. The number of halogens is 1. The molecule has 1 aliphatic heterocycles. The van der Waals surface area contributed by atoms with Crippen LogP contribution in [0.5, 0.6) is 5.75 Å². The standard InChI is InChI=1S/C20H19ClN4O4/c21-15-3-5-16(6-4-15)27-10-7-18(26)25-9-11-28-17(13-25)20-23-19(24-29-20)14-2-1-8-22-12-14/h1-6,8,12,17H,7,9-11,13H2/t17-/m0/s1. The Balaban J connectivity index is 1.31. The van der Waals surface area contributed by atoms with Crippen molar-refractivity contribution in [3.8, 4) is 17.1 Å². The van der Waals surface area contributed by atoms with Gasteiger partial charge in [-0.15, -0.1) is 0 Å². The summed E-state index contributed by atoms with van der Waals surface area (Å²) in [4.78, 5) is 22.7. The van der Waals surface area contributed by atoms with E-state index in [0.717, 1.165) is 5.56 Å². The lowest BCUT2D eigenvalue weighted by Crippen LogP contribution is -2.42. The van der Waals surface area contributed by atoms with E-state index in [9.17, 15) is 4.79 Å². The first-order valence-electron chi connectivity index (χ1n) is 9.21. The van der Waals surface area contributed by atoms with E-state index in [0.29, 0.717) is 42.2 Å². The molecule has 1 fully saturated rings. The highest BCUT2D eigenvalue weighted by Crippen LogP contribution is 2.24. The first-order valence-corrected chi connectivity index (χ1v) is 9.58. The molecule has 0 radical (unpaired) electrons. The van der Waals surface area contributed by atoms with Crippen LogP contribution >= 0.6 is 11.6 Å². The predicted octanol–water partition coefficient (Wildman–Crippen LogP) is 3.15. The van der Waals surface area contributed by atoms with E-state index in [4.69, 9.17) is 25.6 Å². The van der Waals surface area contributed by atoms with Crippen LogP contribution in [0.15, 0.2) is 53.3 Å². The molecule has 0 bridgehead atoms. The van der Waals surface area contributed by atoms with Gasteiger partial charge < -0.3 is 18.9 Å². The fourth-order valence-corrected chi connectivity index (χ4v) is 3.07. The van der Waals surface area contributed by atoms with Crippen LogP contribution in [0.4, 0.5) is 0 Å². The number of carbonyl (C=O) groups is 1. The summed E-state index contributed by atoms with van der Waals surface area (Å²) in [6.07, 6.45) is 3.14. The third-order valence-corrected chi connectivity index (χ3v) is 4.71. The Morgan fingerprint density at radius 3 is 2.93 bits per heavy atom. The van der Waals surface area contributed by atoms with Crippen LogP contribution in [0.3, 0.4) is 0 Å². The summed E-state index contributed by atoms with van der Waals surface area (Å²) >= 11 is 5.85. The van der Waals surface area contributed by atoms with Crippen LogP contribution < -0.4 is 4.74 Å². The number of rotatable bonds is 6. The van der Waals surface area contributed by atoms with Crippen molar-refractivity contribution in [3.63, 3.8) is 0 Å². The van der Waals surface area contributed by atoms with Gasteiger partial charge in [-0.1, -0.05) is 16.8 Å². The number of hydrogen-bond donors (Lipinski definition) is 0. The fourth-order valence-electron chi connectivity index (χ4n) is 2.95. The average Bonchev–Trinajstić information content (AvgIpc) is 3.26.